The monoisotopic (exact) mass is 271 g/mol. The Morgan fingerprint density at radius 2 is 1.80 bits per heavy atom. The molecule has 0 heterocycles. The molecule has 2 aromatic carbocycles. The summed E-state index contributed by atoms with van der Waals surface area (Å²) in [6.45, 7) is 6.23. The minimum absolute atomic E-state index is 0.258. The minimum Gasteiger partial charge on any atom is -0.318 e. The van der Waals surface area contributed by atoms with Gasteiger partial charge in [0.05, 0.1) is 5.54 Å². The predicted molar refractivity (Wildman–Crippen MR) is 82.0 cm³/mol. The molecule has 1 unspecified atom stereocenters. The Morgan fingerprint density at radius 3 is 2.45 bits per heavy atom. The second kappa shape index (κ2) is 5.76. The molecule has 1 atom stereocenters. The van der Waals surface area contributed by atoms with Gasteiger partial charge >= 0.3 is 0 Å². The molecule has 20 heavy (non-hydrogen) atoms. The van der Waals surface area contributed by atoms with E-state index in [-0.39, 0.29) is 5.82 Å². The normalized spacial score (nSPS) is 14.3. The Morgan fingerprint density at radius 1 is 1.10 bits per heavy atom. The van der Waals surface area contributed by atoms with Crippen LogP contribution in [-0.2, 0) is 12.0 Å². The highest BCUT2D eigenvalue weighted by molar-refractivity contribution is 5.39. The number of rotatable bonds is 4. The summed E-state index contributed by atoms with van der Waals surface area (Å²) in [5.41, 5.74) is 8.31. The molecule has 0 radical (unpaired) electrons. The van der Waals surface area contributed by atoms with E-state index >= 15 is 0 Å². The molecular formula is C18H22FN. The maximum atomic E-state index is 14.0. The Bertz CT molecular complexity index is 587. The lowest BCUT2D eigenvalue weighted by molar-refractivity contribution is 0.530. The summed E-state index contributed by atoms with van der Waals surface area (Å²) in [7, 11) is 0. The van der Waals surface area contributed by atoms with Gasteiger partial charge < -0.3 is 5.73 Å². The van der Waals surface area contributed by atoms with Gasteiger partial charge in [0.25, 0.3) is 0 Å². The fraction of sp³-hybridized carbons (Fsp3) is 0.333. The topological polar surface area (TPSA) is 26.0 Å². The summed E-state index contributed by atoms with van der Waals surface area (Å²) in [6, 6.07) is 14.9. The lowest BCUT2D eigenvalue weighted by Gasteiger charge is -2.27. The highest BCUT2D eigenvalue weighted by atomic mass is 19.1. The van der Waals surface area contributed by atoms with Crippen LogP contribution in [0.2, 0.25) is 0 Å². The van der Waals surface area contributed by atoms with Gasteiger partial charge in [0.15, 0.2) is 0 Å². The summed E-state index contributed by atoms with van der Waals surface area (Å²) < 4.78 is 14.0. The fourth-order valence-electron chi connectivity index (χ4n) is 2.53. The third-order valence-corrected chi connectivity index (χ3v) is 3.60. The van der Waals surface area contributed by atoms with E-state index < -0.39 is 5.54 Å². The Hall–Kier alpha value is -1.67. The van der Waals surface area contributed by atoms with Crippen molar-refractivity contribution in [3.8, 4) is 0 Å². The number of nitrogens with two attached hydrogens (primary N) is 1. The van der Waals surface area contributed by atoms with Gasteiger partial charge in [-0.2, -0.15) is 0 Å². The molecule has 0 aromatic heterocycles. The lowest BCUT2D eigenvalue weighted by atomic mass is 9.84. The van der Waals surface area contributed by atoms with Crippen LogP contribution in [0.3, 0.4) is 0 Å². The van der Waals surface area contributed by atoms with Gasteiger partial charge in [-0.1, -0.05) is 56.3 Å². The summed E-state index contributed by atoms with van der Waals surface area (Å²) >= 11 is 0. The number of benzene rings is 2. The molecular weight excluding hydrogens is 249 g/mol. The molecule has 0 aliphatic heterocycles. The molecule has 2 N–H and O–H groups in total. The average molecular weight is 271 g/mol. The largest absolute Gasteiger partial charge is 0.318 e. The van der Waals surface area contributed by atoms with E-state index in [1.165, 1.54) is 11.6 Å². The Labute approximate surface area is 120 Å². The fourth-order valence-corrected chi connectivity index (χ4v) is 2.53. The molecule has 0 saturated carbocycles. The van der Waals surface area contributed by atoms with Gasteiger partial charge in [-0.15, -0.1) is 0 Å². The minimum atomic E-state index is -0.821. The highest BCUT2D eigenvalue weighted by Gasteiger charge is 2.26. The summed E-state index contributed by atoms with van der Waals surface area (Å²) in [5, 5.41) is 0. The van der Waals surface area contributed by atoms with Gasteiger partial charge in [0, 0.05) is 5.56 Å². The van der Waals surface area contributed by atoms with Crippen molar-refractivity contribution in [3.63, 3.8) is 0 Å². The molecule has 0 aliphatic rings. The van der Waals surface area contributed by atoms with E-state index in [1.807, 2.05) is 25.1 Å². The van der Waals surface area contributed by atoms with Crippen molar-refractivity contribution in [2.24, 2.45) is 11.7 Å². The molecule has 1 nitrogen and oxygen atoms in total. The van der Waals surface area contributed by atoms with Crippen molar-refractivity contribution in [2.45, 2.75) is 32.7 Å². The third-order valence-electron chi connectivity index (χ3n) is 3.60. The first-order valence-electron chi connectivity index (χ1n) is 7.04. The quantitative estimate of drug-likeness (QED) is 0.884. The number of halogens is 1. The van der Waals surface area contributed by atoms with Gasteiger partial charge in [-0.05, 0) is 36.5 Å². The van der Waals surface area contributed by atoms with E-state index in [1.54, 1.807) is 12.1 Å². The van der Waals surface area contributed by atoms with E-state index in [0.29, 0.717) is 11.5 Å². The van der Waals surface area contributed by atoms with Gasteiger partial charge in [-0.3, -0.25) is 0 Å². The van der Waals surface area contributed by atoms with E-state index in [9.17, 15) is 4.39 Å². The maximum absolute atomic E-state index is 14.0. The average Bonchev–Trinajstić information content (AvgIpc) is 2.38. The molecule has 0 amide bonds. The van der Waals surface area contributed by atoms with Crippen molar-refractivity contribution < 1.29 is 4.39 Å². The van der Waals surface area contributed by atoms with E-state index in [0.717, 1.165) is 12.0 Å². The van der Waals surface area contributed by atoms with Crippen LogP contribution in [0.15, 0.2) is 48.5 Å². The van der Waals surface area contributed by atoms with Crippen LogP contribution in [0.4, 0.5) is 4.39 Å². The van der Waals surface area contributed by atoms with Crippen LogP contribution in [0, 0.1) is 11.7 Å². The zero-order chi connectivity index (χ0) is 14.8. The van der Waals surface area contributed by atoms with Crippen molar-refractivity contribution in [3.05, 3.63) is 71.0 Å². The second-order valence-corrected chi connectivity index (χ2v) is 5.98. The maximum Gasteiger partial charge on any atom is 0.128 e. The molecule has 0 aliphatic carbocycles. The Kier molecular flexibility index (Phi) is 4.24. The van der Waals surface area contributed by atoms with Crippen LogP contribution >= 0.6 is 0 Å². The lowest BCUT2D eigenvalue weighted by Crippen LogP contribution is -2.35. The highest BCUT2D eigenvalue weighted by Crippen LogP contribution is 2.29. The van der Waals surface area contributed by atoms with Crippen molar-refractivity contribution in [1.82, 2.24) is 0 Å². The second-order valence-electron chi connectivity index (χ2n) is 5.98. The smallest absolute Gasteiger partial charge is 0.128 e. The van der Waals surface area contributed by atoms with Gasteiger partial charge in [0.1, 0.15) is 5.82 Å². The van der Waals surface area contributed by atoms with Crippen molar-refractivity contribution >= 4 is 0 Å². The first-order valence-corrected chi connectivity index (χ1v) is 7.04. The van der Waals surface area contributed by atoms with Crippen LogP contribution in [0.5, 0.6) is 0 Å². The Balaban J connectivity index is 2.41. The molecule has 2 aromatic rings. The van der Waals surface area contributed by atoms with Crippen LogP contribution in [0.1, 0.15) is 37.5 Å². The molecule has 0 fully saturated rings. The van der Waals surface area contributed by atoms with Gasteiger partial charge in [0.2, 0.25) is 0 Å². The summed E-state index contributed by atoms with van der Waals surface area (Å²) in [4.78, 5) is 0. The predicted octanol–water partition coefficient (Wildman–Crippen LogP) is 4.25. The molecule has 0 saturated heterocycles. The zero-order valence-electron chi connectivity index (χ0n) is 12.4. The van der Waals surface area contributed by atoms with Gasteiger partial charge in [-0.25, -0.2) is 4.39 Å². The number of hydrogen-bond donors (Lipinski definition) is 1. The summed E-state index contributed by atoms with van der Waals surface area (Å²) in [6.07, 6.45) is 1.00. The summed E-state index contributed by atoms with van der Waals surface area (Å²) in [5.74, 6) is 0.328. The molecule has 2 rings (SSSR count). The first-order chi connectivity index (χ1) is 9.41. The van der Waals surface area contributed by atoms with Crippen LogP contribution in [0.25, 0.3) is 0 Å². The first kappa shape index (κ1) is 14.7. The van der Waals surface area contributed by atoms with Crippen LogP contribution in [-0.4, -0.2) is 0 Å². The van der Waals surface area contributed by atoms with Crippen LogP contribution < -0.4 is 5.73 Å². The molecule has 0 bridgehead atoms. The number of hydrogen-bond acceptors (Lipinski definition) is 1. The molecule has 2 heteroatoms. The standard InChI is InChI=1S/C18H22FN/c1-13(2)11-14-7-6-8-15(12-14)18(3,20)16-9-4-5-10-17(16)19/h4-10,12-13H,11,20H2,1-3H3. The third kappa shape index (κ3) is 3.07. The van der Waals surface area contributed by atoms with Crippen molar-refractivity contribution in [1.29, 1.82) is 0 Å². The SMILES string of the molecule is CC(C)Cc1cccc(C(C)(N)c2ccccc2F)c1. The van der Waals surface area contributed by atoms with E-state index in [2.05, 4.69) is 26.0 Å². The van der Waals surface area contributed by atoms with E-state index in [4.69, 9.17) is 5.73 Å². The zero-order valence-corrected chi connectivity index (χ0v) is 12.4. The van der Waals surface area contributed by atoms with Crippen molar-refractivity contribution in [2.75, 3.05) is 0 Å². The molecule has 106 valence electrons. The molecule has 0 spiro atoms.